The van der Waals surface area contributed by atoms with Gasteiger partial charge in [-0.15, -0.1) is 0 Å². The summed E-state index contributed by atoms with van der Waals surface area (Å²) in [6, 6.07) is 3.21. The molecule has 0 aliphatic heterocycles. The Balaban J connectivity index is 2.04. The zero-order chi connectivity index (χ0) is 17.0. The van der Waals surface area contributed by atoms with E-state index in [4.69, 9.17) is 4.74 Å². The first-order valence-corrected chi connectivity index (χ1v) is 7.01. The number of aromatic nitrogens is 2. The molecule has 0 saturated carbocycles. The highest BCUT2D eigenvalue weighted by Gasteiger charge is 2.15. The lowest BCUT2D eigenvalue weighted by atomic mass is 10.1. The van der Waals surface area contributed by atoms with E-state index in [2.05, 4.69) is 15.5 Å². The number of ether oxygens (including phenoxy) is 1. The van der Waals surface area contributed by atoms with E-state index in [1.165, 1.54) is 12.3 Å². The molecule has 8 nitrogen and oxygen atoms in total. The van der Waals surface area contributed by atoms with E-state index in [1.807, 2.05) is 0 Å². The number of carbonyl (C=O) groups is 1. The van der Waals surface area contributed by atoms with E-state index >= 15 is 0 Å². The van der Waals surface area contributed by atoms with E-state index < -0.39 is 16.6 Å². The molecule has 122 valence electrons. The second-order valence-electron chi connectivity index (χ2n) is 5.91. The number of nitro benzene ring substituents is 1. The molecule has 0 spiro atoms. The van der Waals surface area contributed by atoms with Gasteiger partial charge in [0.05, 0.1) is 22.0 Å². The molecule has 0 bridgehead atoms. The lowest BCUT2D eigenvalue weighted by Gasteiger charge is -2.19. The van der Waals surface area contributed by atoms with Gasteiger partial charge in [-0.05, 0) is 32.4 Å². The second kappa shape index (κ2) is 6.47. The van der Waals surface area contributed by atoms with Crippen LogP contribution in [-0.4, -0.2) is 33.4 Å². The van der Waals surface area contributed by atoms with Crippen LogP contribution in [0.25, 0.3) is 17.0 Å². The van der Waals surface area contributed by atoms with Crippen molar-refractivity contribution in [3.8, 4) is 0 Å². The largest absolute Gasteiger partial charge is 0.444 e. The molecule has 0 atom stereocenters. The SMILES string of the molecule is CC(C)(C)OC(=O)NCC=Cc1cc([N+](=O)[O-])c2cn[nH]c2c1. The molecule has 1 aromatic carbocycles. The Hall–Kier alpha value is -2.90. The van der Waals surface area contributed by atoms with Gasteiger partial charge in [-0.25, -0.2) is 4.79 Å². The van der Waals surface area contributed by atoms with Crippen LogP contribution in [0.1, 0.15) is 26.3 Å². The maximum Gasteiger partial charge on any atom is 0.407 e. The average Bonchev–Trinajstić information content (AvgIpc) is 2.88. The van der Waals surface area contributed by atoms with Crippen molar-refractivity contribution in [2.75, 3.05) is 6.54 Å². The number of benzene rings is 1. The predicted octanol–water partition coefficient (Wildman–Crippen LogP) is 3.01. The minimum Gasteiger partial charge on any atom is -0.444 e. The number of carbonyl (C=O) groups excluding carboxylic acids is 1. The fourth-order valence-electron chi connectivity index (χ4n) is 1.95. The van der Waals surface area contributed by atoms with Crippen LogP contribution in [0.15, 0.2) is 24.4 Å². The highest BCUT2D eigenvalue weighted by atomic mass is 16.6. The molecule has 0 aliphatic carbocycles. The van der Waals surface area contributed by atoms with Gasteiger partial charge in [0.25, 0.3) is 5.69 Å². The van der Waals surface area contributed by atoms with Gasteiger partial charge in [0, 0.05) is 12.6 Å². The molecule has 0 fully saturated rings. The van der Waals surface area contributed by atoms with Crippen molar-refractivity contribution in [1.29, 1.82) is 0 Å². The number of alkyl carbamates (subject to hydrolysis) is 1. The summed E-state index contributed by atoms with van der Waals surface area (Å²) < 4.78 is 5.10. The molecule has 2 N–H and O–H groups in total. The molecule has 2 rings (SSSR count). The zero-order valence-corrected chi connectivity index (χ0v) is 13.1. The van der Waals surface area contributed by atoms with E-state index in [1.54, 1.807) is 39.0 Å². The number of non-ortho nitro benzene ring substituents is 1. The molecule has 0 aliphatic rings. The summed E-state index contributed by atoms with van der Waals surface area (Å²) in [6.07, 6.45) is 4.28. The number of nitrogens with one attached hydrogen (secondary N) is 2. The number of nitro groups is 1. The molecule has 0 radical (unpaired) electrons. The van der Waals surface area contributed by atoms with Crippen molar-refractivity contribution in [1.82, 2.24) is 15.5 Å². The predicted molar refractivity (Wildman–Crippen MR) is 86.0 cm³/mol. The van der Waals surface area contributed by atoms with Crippen molar-refractivity contribution < 1.29 is 14.5 Å². The van der Waals surface area contributed by atoms with Crippen LogP contribution in [0.5, 0.6) is 0 Å². The van der Waals surface area contributed by atoms with Crippen molar-refractivity contribution >= 4 is 28.8 Å². The normalized spacial score (nSPS) is 11.8. The maximum absolute atomic E-state index is 11.5. The monoisotopic (exact) mass is 318 g/mol. The summed E-state index contributed by atoms with van der Waals surface area (Å²) in [5, 5.41) is 20.6. The molecule has 1 heterocycles. The molecule has 2 aromatic rings. The molecule has 0 unspecified atom stereocenters. The van der Waals surface area contributed by atoms with Gasteiger partial charge < -0.3 is 10.1 Å². The summed E-state index contributed by atoms with van der Waals surface area (Å²) in [5.74, 6) is 0. The lowest BCUT2D eigenvalue weighted by Crippen LogP contribution is -2.32. The quantitative estimate of drug-likeness (QED) is 0.665. The molecule has 1 aromatic heterocycles. The lowest BCUT2D eigenvalue weighted by molar-refractivity contribution is -0.383. The van der Waals surface area contributed by atoms with Crippen molar-refractivity contribution in [2.45, 2.75) is 26.4 Å². The van der Waals surface area contributed by atoms with Gasteiger partial charge in [0.2, 0.25) is 0 Å². The van der Waals surface area contributed by atoms with Gasteiger partial charge in [0.15, 0.2) is 0 Å². The highest BCUT2D eigenvalue weighted by molar-refractivity contribution is 5.89. The Bertz CT molecular complexity index is 758. The van der Waals surface area contributed by atoms with Crippen molar-refractivity contribution in [3.05, 3.63) is 40.1 Å². The molecular formula is C15H18N4O4. The van der Waals surface area contributed by atoms with Crippen LogP contribution in [0.2, 0.25) is 0 Å². The van der Waals surface area contributed by atoms with E-state index in [0.29, 0.717) is 16.5 Å². The summed E-state index contributed by atoms with van der Waals surface area (Å²) in [5.41, 5.74) is 0.648. The van der Waals surface area contributed by atoms with Gasteiger partial charge >= 0.3 is 6.09 Å². The van der Waals surface area contributed by atoms with Gasteiger partial charge in [-0.3, -0.25) is 15.2 Å². The summed E-state index contributed by atoms with van der Waals surface area (Å²) in [4.78, 5) is 22.1. The molecular weight excluding hydrogens is 300 g/mol. The summed E-state index contributed by atoms with van der Waals surface area (Å²) in [6.45, 7) is 5.59. The number of H-pyrrole nitrogens is 1. The second-order valence-corrected chi connectivity index (χ2v) is 5.91. The molecule has 23 heavy (non-hydrogen) atoms. The Labute approximate surface area is 132 Å². The maximum atomic E-state index is 11.5. The molecule has 1 amide bonds. The van der Waals surface area contributed by atoms with Crippen LogP contribution in [0.3, 0.4) is 0 Å². The smallest absolute Gasteiger partial charge is 0.407 e. The minimum atomic E-state index is -0.555. The fourth-order valence-corrected chi connectivity index (χ4v) is 1.95. The summed E-state index contributed by atoms with van der Waals surface area (Å²) >= 11 is 0. The number of aromatic amines is 1. The van der Waals surface area contributed by atoms with E-state index in [9.17, 15) is 14.9 Å². The zero-order valence-electron chi connectivity index (χ0n) is 13.1. The number of fused-ring (bicyclic) bond motifs is 1. The number of nitrogens with zero attached hydrogens (tertiary/aromatic N) is 2. The minimum absolute atomic E-state index is 0.0176. The number of hydrogen-bond donors (Lipinski definition) is 2. The number of amides is 1. The average molecular weight is 318 g/mol. The van der Waals surface area contributed by atoms with Gasteiger partial charge in [0.1, 0.15) is 5.60 Å². The third-order valence-electron chi connectivity index (χ3n) is 2.83. The Morgan fingerprint density at radius 1 is 1.48 bits per heavy atom. The van der Waals surface area contributed by atoms with E-state index in [0.717, 1.165) is 0 Å². The van der Waals surface area contributed by atoms with Crippen LogP contribution in [-0.2, 0) is 4.74 Å². The van der Waals surface area contributed by atoms with Crippen LogP contribution < -0.4 is 5.32 Å². The highest BCUT2D eigenvalue weighted by Crippen LogP contribution is 2.26. The number of hydrogen-bond acceptors (Lipinski definition) is 5. The van der Waals surface area contributed by atoms with Crippen molar-refractivity contribution in [2.24, 2.45) is 0 Å². The van der Waals surface area contributed by atoms with Crippen molar-refractivity contribution in [3.63, 3.8) is 0 Å². The van der Waals surface area contributed by atoms with Crippen LogP contribution in [0.4, 0.5) is 10.5 Å². The Morgan fingerprint density at radius 2 is 2.22 bits per heavy atom. The van der Waals surface area contributed by atoms with Crippen LogP contribution in [0, 0.1) is 10.1 Å². The van der Waals surface area contributed by atoms with E-state index in [-0.39, 0.29) is 12.2 Å². The molecule has 8 heteroatoms. The van der Waals surface area contributed by atoms with Crippen LogP contribution >= 0.6 is 0 Å². The number of rotatable bonds is 4. The first kappa shape index (κ1) is 16.5. The third-order valence-corrected chi connectivity index (χ3v) is 2.83. The fraction of sp³-hybridized carbons (Fsp3) is 0.333. The third kappa shape index (κ3) is 4.53. The topological polar surface area (TPSA) is 110 Å². The Kier molecular flexibility index (Phi) is 4.63. The first-order chi connectivity index (χ1) is 10.8. The summed E-state index contributed by atoms with van der Waals surface area (Å²) in [7, 11) is 0. The van der Waals surface area contributed by atoms with Gasteiger partial charge in [-0.1, -0.05) is 12.2 Å². The van der Waals surface area contributed by atoms with Gasteiger partial charge in [-0.2, -0.15) is 5.10 Å². The standard InChI is InChI=1S/C15H18N4O4/c1-15(2,3)23-14(20)16-6-4-5-10-7-12-11(9-17-18-12)13(8-10)19(21)22/h4-5,7-9H,6H2,1-3H3,(H,16,20)(H,17,18). The first-order valence-electron chi connectivity index (χ1n) is 7.01. The Morgan fingerprint density at radius 3 is 2.87 bits per heavy atom. The molecule has 0 saturated heterocycles.